The Morgan fingerprint density at radius 2 is 1.15 bits per heavy atom. The SMILES string of the molecule is C[C@@H]1C[C@H](C)CN(S(=O)(=O)c2ccc3c(c2)C(=NO)c2cc(S(=O)(=O)N4C[C@H](C)C[C@H](C)C4)ccc2C3=NOCOP(=O)(O)O)C1. The molecule has 0 bridgehead atoms. The number of nitrogens with zero attached hydrogens (tertiary/aromatic N) is 4. The fourth-order valence-electron chi connectivity index (χ4n) is 6.75. The van der Waals surface area contributed by atoms with Crippen LogP contribution in [0.25, 0.3) is 0 Å². The van der Waals surface area contributed by atoms with Crippen molar-refractivity contribution in [2.75, 3.05) is 33.0 Å². The van der Waals surface area contributed by atoms with E-state index in [1.54, 1.807) is 0 Å². The first kappa shape index (κ1) is 34.6. The van der Waals surface area contributed by atoms with Gasteiger partial charge in [0.25, 0.3) is 0 Å². The Labute approximate surface area is 269 Å². The van der Waals surface area contributed by atoms with Crippen LogP contribution in [0.5, 0.6) is 0 Å². The number of phosphoric acid groups is 1. The Hall–Kier alpha value is -2.69. The molecule has 2 aromatic rings. The van der Waals surface area contributed by atoms with Crippen molar-refractivity contribution in [3.05, 3.63) is 58.7 Å². The second kappa shape index (κ2) is 13.1. The zero-order valence-electron chi connectivity index (χ0n) is 26.0. The highest BCUT2D eigenvalue weighted by Crippen LogP contribution is 2.37. The van der Waals surface area contributed by atoms with E-state index in [-0.39, 0.29) is 67.1 Å². The highest BCUT2D eigenvalue weighted by atomic mass is 32.2. The van der Waals surface area contributed by atoms with E-state index in [9.17, 15) is 26.6 Å². The van der Waals surface area contributed by atoms with Crippen LogP contribution in [0, 0.1) is 23.7 Å². The molecule has 1 aliphatic carbocycles. The van der Waals surface area contributed by atoms with Crippen molar-refractivity contribution in [2.45, 2.75) is 50.3 Å². The molecule has 5 rings (SSSR count). The molecule has 0 aromatic heterocycles. The second-order valence-electron chi connectivity index (χ2n) is 12.7. The molecule has 0 spiro atoms. The van der Waals surface area contributed by atoms with Gasteiger partial charge in [0, 0.05) is 48.4 Å². The first-order valence-corrected chi connectivity index (χ1v) is 19.3. The normalized spacial score (nSPS) is 24.7. The van der Waals surface area contributed by atoms with Gasteiger partial charge in [-0.1, -0.05) is 50.1 Å². The molecule has 4 atom stereocenters. The van der Waals surface area contributed by atoms with Crippen molar-refractivity contribution < 1.29 is 45.8 Å². The molecular formula is C29H39N4O10PS2. The lowest BCUT2D eigenvalue weighted by Crippen LogP contribution is -2.42. The molecule has 0 saturated carbocycles. The van der Waals surface area contributed by atoms with Gasteiger partial charge in [0.05, 0.1) is 9.79 Å². The van der Waals surface area contributed by atoms with Crippen molar-refractivity contribution >= 4 is 39.3 Å². The van der Waals surface area contributed by atoms with E-state index in [1.807, 2.05) is 27.7 Å². The van der Waals surface area contributed by atoms with E-state index in [4.69, 9.17) is 14.6 Å². The molecule has 3 aliphatic rings. The van der Waals surface area contributed by atoms with Crippen LogP contribution < -0.4 is 0 Å². The fraction of sp³-hybridized carbons (Fsp3) is 0.517. The molecular weight excluding hydrogens is 659 g/mol. The molecule has 2 aliphatic heterocycles. The Balaban J connectivity index is 1.61. The predicted molar refractivity (Wildman–Crippen MR) is 168 cm³/mol. The lowest BCUT2D eigenvalue weighted by molar-refractivity contribution is 0.00129. The molecule has 2 aromatic carbocycles. The summed E-state index contributed by atoms with van der Waals surface area (Å²) in [7, 11) is -12.8. The van der Waals surface area contributed by atoms with Crippen molar-refractivity contribution in [2.24, 2.45) is 34.0 Å². The van der Waals surface area contributed by atoms with Crippen molar-refractivity contribution in [1.29, 1.82) is 0 Å². The maximum atomic E-state index is 13.8. The summed E-state index contributed by atoms with van der Waals surface area (Å²) in [6.07, 6.45) is 1.81. The Morgan fingerprint density at radius 3 is 1.52 bits per heavy atom. The largest absolute Gasteiger partial charge is 0.472 e. The lowest BCUT2D eigenvalue weighted by atomic mass is 9.83. The summed E-state index contributed by atoms with van der Waals surface area (Å²) in [5, 5.41) is 17.8. The average Bonchev–Trinajstić information content (AvgIpc) is 2.96. The van der Waals surface area contributed by atoms with Crippen LogP contribution in [0.1, 0.15) is 62.8 Å². The summed E-state index contributed by atoms with van der Waals surface area (Å²) < 4.78 is 73.5. The lowest BCUT2D eigenvalue weighted by Gasteiger charge is -2.34. The van der Waals surface area contributed by atoms with E-state index < -0.39 is 34.7 Å². The van der Waals surface area contributed by atoms with E-state index in [0.29, 0.717) is 26.2 Å². The minimum absolute atomic E-state index is 0.0534. The van der Waals surface area contributed by atoms with E-state index in [0.717, 1.165) is 12.8 Å². The maximum Gasteiger partial charge on any atom is 0.472 e. The number of benzene rings is 2. The second-order valence-corrected chi connectivity index (χ2v) is 17.8. The van der Waals surface area contributed by atoms with Gasteiger partial charge in [0.1, 0.15) is 11.4 Å². The Morgan fingerprint density at radius 1 is 0.739 bits per heavy atom. The molecule has 2 heterocycles. The van der Waals surface area contributed by atoms with E-state index in [1.165, 1.54) is 45.0 Å². The van der Waals surface area contributed by atoms with Gasteiger partial charge >= 0.3 is 7.82 Å². The summed E-state index contributed by atoms with van der Waals surface area (Å²) in [6.45, 7) is 8.47. The summed E-state index contributed by atoms with van der Waals surface area (Å²) >= 11 is 0. The first-order chi connectivity index (χ1) is 21.5. The molecule has 3 N–H and O–H groups in total. The zero-order valence-corrected chi connectivity index (χ0v) is 28.5. The molecule has 2 saturated heterocycles. The van der Waals surface area contributed by atoms with Crippen LogP contribution in [-0.4, -0.2) is 84.8 Å². The van der Waals surface area contributed by atoms with E-state index >= 15 is 0 Å². The summed E-state index contributed by atoms with van der Waals surface area (Å²) in [5.41, 5.74) is 0.852. The number of rotatable bonds is 8. The van der Waals surface area contributed by atoms with Crippen LogP contribution in [-0.2, 0) is 34.0 Å². The van der Waals surface area contributed by atoms with Gasteiger partial charge in [-0.2, -0.15) is 8.61 Å². The van der Waals surface area contributed by atoms with Crippen molar-refractivity contribution in [3.8, 4) is 0 Å². The Kier molecular flexibility index (Phi) is 9.85. The van der Waals surface area contributed by atoms with Gasteiger partial charge < -0.3 is 19.8 Å². The summed E-state index contributed by atoms with van der Waals surface area (Å²) in [4.78, 5) is 23.0. The minimum atomic E-state index is -4.87. The van der Waals surface area contributed by atoms with Crippen molar-refractivity contribution in [3.63, 3.8) is 0 Å². The number of hydrogen-bond acceptors (Lipinski definition) is 10. The fourth-order valence-corrected chi connectivity index (χ4v) is 10.4. The number of fused-ring (bicyclic) bond motifs is 2. The number of piperidine rings is 2. The monoisotopic (exact) mass is 698 g/mol. The van der Waals surface area contributed by atoms with Crippen molar-refractivity contribution in [1.82, 2.24) is 8.61 Å². The molecule has 0 radical (unpaired) electrons. The number of hydrogen-bond donors (Lipinski definition) is 3. The number of sulfonamides is 2. The predicted octanol–water partition coefficient (Wildman–Crippen LogP) is 3.40. The van der Waals surface area contributed by atoms with Gasteiger partial charge in [0.15, 0.2) is 0 Å². The van der Waals surface area contributed by atoms with Crippen LogP contribution in [0.4, 0.5) is 0 Å². The quantitative estimate of drug-likeness (QED) is 0.103. The van der Waals surface area contributed by atoms with Crippen LogP contribution >= 0.6 is 7.82 Å². The maximum absolute atomic E-state index is 13.8. The topological polar surface area (TPSA) is 196 Å². The molecule has 0 unspecified atom stereocenters. The highest BCUT2D eigenvalue weighted by Gasteiger charge is 2.37. The van der Waals surface area contributed by atoms with Gasteiger partial charge in [0.2, 0.25) is 26.8 Å². The standard InChI is InChI=1S/C29H39N4O10PS2/c1-18-9-19(2)14-32(13-18)45(38,39)22-5-7-24-26(11-22)28(30-34)27-12-23(46(40,41)33-15-20(3)10-21(4)16-33)6-8-25(27)29(24)31-42-17-43-44(35,36)37/h5-8,11-12,18-21,34H,9-10,13-17H2,1-4H3,(H2,35,36,37)/t18-,19+,20-,21+. The molecule has 2 fully saturated rings. The molecule has 252 valence electrons. The van der Waals surface area contributed by atoms with Crippen LogP contribution in [0.15, 0.2) is 56.5 Å². The molecule has 14 nitrogen and oxygen atoms in total. The number of phosphoric ester groups is 1. The smallest absolute Gasteiger partial charge is 0.410 e. The molecule has 0 amide bonds. The summed E-state index contributed by atoms with van der Waals surface area (Å²) in [5.74, 6) is 0.648. The highest BCUT2D eigenvalue weighted by molar-refractivity contribution is 7.89. The first-order valence-electron chi connectivity index (χ1n) is 14.9. The number of oxime groups is 2. The third-order valence-corrected chi connectivity index (χ3v) is 12.6. The third kappa shape index (κ3) is 7.09. The zero-order chi connectivity index (χ0) is 33.6. The van der Waals surface area contributed by atoms with Gasteiger partial charge in [-0.15, -0.1) is 0 Å². The van der Waals surface area contributed by atoms with Gasteiger partial charge in [-0.05, 0) is 60.8 Å². The minimum Gasteiger partial charge on any atom is -0.410 e. The Bertz CT molecular complexity index is 1690. The van der Waals surface area contributed by atoms with Crippen LogP contribution in [0.2, 0.25) is 0 Å². The molecule has 17 heteroatoms. The average molecular weight is 699 g/mol. The summed E-state index contributed by atoms with van der Waals surface area (Å²) in [6, 6.07) is 8.45. The molecule has 46 heavy (non-hydrogen) atoms. The van der Waals surface area contributed by atoms with E-state index in [2.05, 4.69) is 14.8 Å². The van der Waals surface area contributed by atoms with Crippen LogP contribution in [0.3, 0.4) is 0 Å². The third-order valence-electron chi connectivity index (χ3n) is 8.48. The van der Waals surface area contributed by atoms with Gasteiger partial charge in [-0.25, -0.2) is 25.9 Å². The van der Waals surface area contributed by atoms with Gasteiger partial charge in [-0.3, -0.25) is 0 Å².